The van der Waals surface area contributed by atoms with Gasteiger partial charge in [0.1, 0.15) is 5.70 Å². The lowest BCUT2D eigenvalue weighted by Gasteiger charge is -2.11. The Morgan fingerprint density at radius 1 is 0.828 bits per heavy atom. The van der Waals surface area contributed by atoms with Crippen LogP contribution in [0.2, 0.25) is 0 Å². The first-order valence-corrected chi connectivity index (χ1v) is 9.30. The van der Waals surface area contributed by atoms with Gasteiger partial charge in [0.15, 0.2) is 5.76 Å². The molecule has 7 nitrogen and oxygen atoms in total. The highest BCUT2D eigenvalue weighted by Gasteiger charge is 2.17. The molecule has 0 aliphatic carbocycles. The van der Waals surface area contributed by atoms with Gasteiger partial charge in [-0.2, -0.15) is 0 Å². The van der Waals surface area contributed by atoms with Gasteiger partial charge in [-0.25, -0.2) is 0 Å². The lowest BCUT2D eigenvalue weighted by Crippen LogP contribution is -2.45. The molecule has 0 radical (unpaired) electrons. The first kappa shape index (κ1) is 20.1. The van der Waals surface area contributed by atoms with E-state index in [1.807, 2.05) is 0 Å². The number of hydrogen-bond acceptors (Lipinski definition) is 4. The summed E-state index contributed by atoms with van der Waals surface area (Å²) in [7, 11) is 0. The van der Waals surface area contributed by atoms with Gasteiger partial charge in [0.05, 0.1) is 6.26 Å². The van der Waals surface area contributed by atoms with Crippen LogP contribution in [0.15, 0.2) is 87.6 Å². The molecule has 0 atom stereocenters. The van der Waals surface area contributed by atoms with Gasteiger partial charge in [0, 0.05) is 10.0 Å². The summed E-state index contributed by atoms with van der Waals surface area (Å²) in [6.07, 6.45) is 2.84. The van der Waals surface area contributed by atoms with Crippen molar-refractivity contribution < 1.29 is 18.8 Å². The van der Waals surface area contributed by atoms with Gasteiger partial charge in [-0.1, -0.05) is 46.3 Å². The van der Waals surface area contributed by atoms with Crippen LogP contribution >= 0.6 is 15.9 Å². The highest BCUT2D eigenvalue weighted by molar-refractivity contribution is 9.10. The van der Waals surface area contributed by atoms with E-state index in [0.717, 1.165) is 4.47 Å². The minimum absolute atomic E-state index is 0.0489. The van der Waals surface area contributed by atoms with Gasteiger partial charge < -0.3 is 9.73 Å². The molecule has 0 fully saturated rings. The topological polar surface area (TPSA) is 100 Å². The minimum atomic E-state index is -0.697. The van der Waals surface area contributed by atoms with Crippen molar-refractivity contribution in [2.45, 2.75) is 0 Å². The number of benzene rings is 2. The van der Waals surface area contributed by atoms with Crippen LogP contribution in [0.1, 0.15) is 26.5 Å². The van der Waals surface area contributed by atoms with Crippen LogP contribution in [0.4, 0.5) is 0 Å². The molecular formula is C21H16BrN3O4. The first-order valence-electron chi connectivity index (χ1n) is 8.51. The number of carbonyl (C=O) groups excluding carboxylic acids is 3. The van der Waals surface area contributed by atoms with Crippen molar-refractivity contribution in [2.75, 3.05) is 0 Å². The predicted molar refractivity (Wildman–Crippen MR) is 110 cm³/mol. The number of rotatable bonds is 5. The molecule has 3 aromatic rings. The van der Waals surface area contributed by atoms with E-state index in [0.29, 0.717) is 11.1 Å². The van der Waals surface area contributed by atoms with E-state index in [2.05, 4.69) is 32.1 Å². The van der Waals surface area contributed by atoms with Gasteiger partial charge in [0.25, 0.3) is 17.7 Å². The minimum Gasteiger partial charge on any atom is -0.459 e. The molecule has 1 aromatic heterocycles. The molecule has 146 valence electrons. The third kappa shape index (κ3) is 5.66. The van der Waals surface area contributed by atoms with Crippen molar-refractivity contribution in [1.82, 2.24) is 16.2 Å². The van der Waals surface area contributed by atoms with Crippen molar-refractivity contribution in [1.29, 1.82) is 0 Å². The van der Waals surface area contributed by atoms with E-state index >= 15 is 0 Å². The Kier molecular flexibility index (Phi) is 6.59. The second kappa shape index (κ2) is 9.52. The standard InChI is InChI=1S/C21H16BrN3O4/c22-16-10-8-14(9-11-16)13-17(23-21(28)18-7-4-12-29-18)20(27)25-24-19(26)15-5-2-1-3-6-15/h1-13H,(H,23,28)(H,24,26)(H,25,27)/b17-13-. The largest absolute Gasteiger partial charge is 0.459 e. The zero-order valence-electron chi connectivity index (χ0n) is 15.0. The lowest BCUT2D eigenvalue weighted by atomic mass is 10.2. The van der Waals surface area contributed by atoms with Gasteiger partial charge in [-0.3, -0.25) is 25.2 Å². The molecule has 0 aliphatic rings. The number of carbonyl (C=O) groups is 3. The van der Waals surface area contributed by atoms with Crippen molar-refractivity contribution in [3.05, 3.63) is 100 Å². The van der Waals surface area contributed by atoms with Crippen LogP contribution in [-0.4, -0.2) is 17.7 Å². The van der Waals surface area contributed by atoms with Crippen molar-refractivity contribution in [2.24, 2.45) is 0 Å². The predicted octanol–water partition coefficient (Wildman–Crippen LogP) is 3.27. The summed E-state index contributed by atoms with van der Waals surface area (Å²) in [5.74, 6) is -1.73. The Morgan fingerprint density at radius 3 is 2.21 bits per heavy atom. The number of hydrogen-bond donors (Lipinski definition) is 3. The summed E-state index contributed by atoms with van der Waals surface area (Å²) in [5, 5.41) is 2.50. The molecule has 0 bridgehead atoms. The van der Waals surface area contributed by atoms with Crippen LogP contribution in [0, 0.1) is 0 Å². The maximum atomic E-state index is 12.6. The molecule has 3 N–H and O–H groups in total. The molecule has 0 unspecified atom stereocenters. The number of halogens is 1. The second-order valence-corrected chi connectivity index (χ2v) is 6.73. The smallest absolute Gasteiger partial charge is 0.291 e. The molecule has 1 heterocycles. The fourth-order valence-corrected chi connectivity index (χ4v) is 2.58. The Morgan fingerprint density at radius 2 is 1.55 bits per heavy atom. The molecule has 0 aliphatic heterocycles. The third-order valence-corrected chi connectivity index (χ3v) is 4.27. The van der Waals surface area contributed by atoms with Gasteiger partial charge in [0.2, 0.25) is 0 Å². The fourth-order valence-electron chi connectivity index (χ4n) is 2.32. The zero-order valence-corrected chi connectivity index (χ0v) is 16.6. The van der Waals surface area contributed by atoms with E-state index in [1.165, 1.54) is 18.4 Å². The molecule has 0 spiro atoms. The molecule has 3 amide bonds. The number of furan rings is 1. The SMILES string of the molecule is O=C(NNC(=O)c1ccccc1)/C(=C/c1ccc(Br)cc1)NC(=O)c1ccco1. The Labute approximate surface area is 174 Å². The average Bonchev–Trinajstić information content (AvgIpc) is 3.28. The van der Waals surface area contributed by atoms with Crippen LogP contribution in [-0.2, 0) is 4.79 Å². The summed E-state index contributed by atoms with van der Waals surface area (Å²) < 4.78 is 5.92. The summed E-state index contributed by atoms with van der Waals surface area (Å²) in [6, 6.07) is 18.6. The van der Waals surface area contributed by atoms with Crippen LogP contribution in [0.25, 0.3) is 6.08 Å². The third-order valence-electron chi connectivity index (χ3n) is 3.74. The Bertz CT molecular complexity index is 1030. The highest BCUT2D eigenvalue weighted by atomic mass is 79.9. The van der Waals surface area contributed by atoms with Crippen LogP contribution < -0.4 is 16.2 Å². The summed E-state index contributed by atoms with van der Waals surface area (Å²) >= 11 is 3.34. The van der Waals surface area contributed by atoms with E-state index in [-0.39, 0.29) is 11.5 Å². The number of nitrogens with one attached hydrogen (secondary N) is 3. The maximum absolute atomic E-state index is 12.6. The van der Waals surface area contributed by atoms with Crippen molar-refractivity contribution in [3.63, 3.8) is 0 Å². The van der Waals surface area contributed by atoms with Crippen LogP contribution in [0.3, 0.4) is 0 Å². The average molecular weight is 454 g/mol. The molecule has 0 saturated carbocycles. The van der Waals surface area contributed by atoms with Crippen LogP contribution in [0.5, 0.6) is 0 Å². The highest BCUT2D eigenvalue weighted by Crippen LogP contribution is 2.13. The maximum Gasteiger partial charge on any atom is 0.291 e. The number of amides is 3. The van der Waals surface area contributed by atoms with Gasteiger partial charge in [-0.05, 0) is 48.0 Å². The summed E-state index contributed by atoms with van der Waals surface area (Å²) in [4.78, 5) is 37.0. The second-order valence-electron chi connectivity index (χ2n) is 5.82. The normalized spacial score (nSPS) is 10.9. The van der Waals surface area contributed by atoms with Gasteiger partial charge >= 0.3 is 0 Å². The van der Waals surface area contributed by atoms with E-state index in [4.69, 9.17) is 4.42 Å². The summed E-state index contributed by atoms with van der Waals surface area (Å²) in [5.41, 5.74) is 5.61. The first-order chi connectivity index (χ1) is 14.0. The molecule has 8 heteroatoms. The zero-order chi connectivity index (χ0) is 20.6. The monoisotopic (exact) mass is 453 g/mol. The molecule has 3 rings (SSSR count). The Balaban J connectivity index is 1.76. The number of hydrazine groups is 1. The summed E-state index contributed by atoms with van der Waals surface area (Å²) in [6.45, 7) is 0. The van der Waals surface area contributed by atoms with Crippen molar-refractivity contribution >= 4 is 39.7 Å². The fraction of sp³-hybridized carbons (Fsp3) is 0. The van der Waals surface area contributed by atoms with E-state index < -0.39 is 17.7 Å². The molecular weight excluding hydrogens is 438 g/mol. The van der Waals surface area contributed by atoms with E-state index in [9.17, 15) is 14.4 Å². The van der Waals surface area contributed by atoms with E-state index in [1.54, 1.807) is 60.7 Å². The van der Waals surface area contributed by atoms with Crippen molar-refractivity contribution in [3.8, 4) is 0 Å². The quantitative estimate of drug-likeness (QED) is 0.407. The molecule has 29 heavy (non-hydrogen) atoms. The van der Waals surface area contributed by atoms with Gasteiger partial charge in [-0.15, -0.1) is 0 Å². The molecule has 0 saturated heterocycles. The lowest BCUT2D eigenvalue weighted by molar-refractivity contribution is -0.118. The molecule has 2 aromatic carbocycles. The Hall–Kier alpha value is -3.65.